The van der Waals surface area contributed by atoms with Crippen LogP contribution in [0.1, 0.15) is 6.42 Å². The summed E-state index contributed by atoms with van der Waals surface area (Å²) in [5.74, 6) is 0.701. The van der Waals surface area contributed by atoms with Crippen LogP contribution >= 0.6 is 0 Å². The van der Waals surface area contributed by atoms with E-state index >= 15 is 0 Å². The lowest BCUT2D eigenvalue weighted by molar-refractivity contribution is 0.687. The van der Waals surface area contributed by atoms with E-state index < -0.39 is 10.8 Å². The minimum absolute atomic E-state index is 0.617. The van der Waals surface area contributed by atoms with E-state index in [1.54, 1.807) is 18.6 Å². The third-order valence-electron chi connectivity index (χ3n) is 3.61. The molecule has 6 nitrogen and oxygen atoms in total. The molecule has 0 radical (unpaired) electrons. The van der Waals surface area contributed by atoms with E-state index in [0.717, 1.165) is 40.2 Å². The molecule has 0 saturated carbocycles. The topological polar surface area (TPSA) is 93.8 Å². The molecule has 1 aromatic carbocycles. The van der Waals surface area contributed by atoms with Crippen molar-refractivity contribution in [3.8, 4) is 11.3 Å². The van der Waals surface area contributed by atoms with Gasteiger partial charge < -0.3 is 11.1 Å². The second-order valence-electron chi connectivity index (χ2n) is 5.33. The number of pyridine rings is 1. The van der Waals surface area contributed by atoms with Gasteiger partial charge in [-0.3, -0.25) is 9.19 Å². The molecule has 2 heterocycles. The standard InChI is InChI=1S/C17H19N5OS/c1-24(23)13-5-3-12(4-6-13)14-11-15-16(20-10-9-19-15)17(22-14)21-8-2-7-18/h3-6,9-11H,2,7-8,18H2,1H3,(H,21,22). The molecule has 0 aliphatic heterocycles. The minimum Gasteiger partial charge on any atom is -0.368 e. The van der Waals surface area contributed by atoms with Crippen molar-refractivity contribution >= 4 is 27.7 Å². The second kappa shape index (κ2) is 7.46. The number of nitrogens with one attached hydrogen (secondary N) is 1. The molecule has 3 N–H and O–H groups in total. The van der Waals surface area contributed by atoms with Gasteiger partial charge in [-0.05, 0) is 31.2 Å². The lowest BCUT2D eigenvalue weighted by atomic mass is 10.1. The van der Waals surface area contributed by atoms with Gasteiger partial charge in [-0.2, -0.15) is 0 Å². The van der Waals surface area contributed by atoms with Gasteiger partial charge in [0.15, 0.2) is 5.82 Å². The number of fused-ring (bicyclic) bond motifs is 1. The highest BCUT2D eigenvalue weighted by Gasteiger charge is 2.10. The lowest BCUT2D eigenvalue weighted by Crippen LogP contribution is -2.10. The lowest BCUT2D eigenvalue weighted by Gasteiger charge is -2.10. The summed E-state index contributed by atoms with van der Waals surface area (Å²) in [6.45, 7) is 1.35. The molecular weight excluding hydrogens is 322 g/mol. The van der Waals surface area contributed by atoms with Crippen molar-refractivity contribution in [1.29, 1.82) is 0 Å². The second-order valence-corrected chi connectivity index (χ2v) is 6.71. The number of benzene rings is 1. The molecule has 0 amide bonds. The Kier molecular flexibility index (Phi) is 5.12. The molecule has 3 rings (SSSR count). The maximum Gasteiger partial charge on any atom is 0.154 e. The molecule has 1 unspecified atom stereocenters. The molecule has 0 aliphatic carbocycles. The number of rotatable bonds is 6. The number of nitrogens with two attached hydrogens (primary N) is 1. The predicted octanol–water partition coefficient (Wildman–Crippen LogP) is 2.19. The molecule has 0 fully saturated rings. The van der Waals surface area contributed by atoms with Crippen molar-refractivity contribution in [3.63, 3.8) is 0 Å². The smallest absolute Gasteiger partial charge is 0.154 e. The van der Waals surface area contributed by atoms with Crippen molar-refractivity contribution in [2.45, 2.75) is 11.3 Å². The van der Waals surface area contributed by atoms with Gasteiger partial charge >= 0.3 is 0 Å². The first-order valence-corrected chi connectivity index (χ1v) is 9.24. The van der Waals surface area contributed by atoms with Gasteiger partial charge in [-0.1, -0.05) is 12.1 Å². The molecule has 0 aliphatic rings. The fourth-order valence-corrected chi connectivity index (χ4v) is 2.89. The average Bonchev–Trinajstić information content (AvgIpc) is 2.62. The zero-order chi connectivity index (χ0) is 16.9. The number of aromatic nitrogens is 3. The van der Waals surface area contributed by atoms with E-state index in [9.17, 15) is 4.21 Å². The third-order valence-corrected chi connectivity index (χ3v) is 4.55. The van der Waals surface area contributed by atoms with Crippen molar-refractivity contribution in [2.24, 2.45) is 5.73 Å². The number of hydrogen-bond acceptors (Lipinski definition) is 6. The molecule has 24 heavy (non-hydrogen) atoms. The number of nitrogens with zero attached hydrogens (tertiary/aromatic N) is 3. The summed E-state index contributed by atoms with van der Waals surface area (Å²) < 4.78 is 11.5. The fraction of sp³-hybridized carbons (Fsp3) is 0.235. The predicted molar refractivity (Wildman–Crippen MR) is 97.3 cm³/mol. The van der Waals surface area contributed by atoms with Crippen LogP contribution in [0, 0.1) is 0 Å². The summed E-state index contributed by atoms with van der Waals surface area (Å²) in [7, 11) is -0.993. The van der Waals surface area contributed by atoms with E-state index in [4.69, 9.17) is 5.73 Å². The van der Waals surface area contributed by atoms with Crippen LogP contribution < -0.4 is 11.1 Å². The summed E-state index contributed by atoms with van der Waals surface area (Å²) in [5.41, 5.74) is 8.81. The van der Waals surface area contributed by atoms with Crippen LogP contribution in [0.4, 0.5) is 5.82 Å². The van der Waals surface area contributed by atoms with Gasteiger partial charge in [0.25, 0.3) is 0 Å². The van der Waals surface area contributed by atoms with E-state index in [-0.39, 0.29) is 0 Å². The van der Waals surface area contributed by atoms with Gasteiger partial charge in [0.1, 0.15) is 5.52 Å². The summed E-state index contributed by atoms with van der Waals surface area (Å²) in [5, 5.41) is 3.29. The first kappa shape index (κ1) is 16.5. The molecule has 7 heteroatoms. The summed E-state index contributed by atoms with van der Waals surface area (Å²) in [6, 6.07) is 9.47. The molecule has 0 spiro atoms. The zero-order valence-corrected chi connectivity index (χ0v) is 14.2. The Hall–Kier alpha value is -2.38. The Labute approximate surface area is 143 Å². The highest BCUT2D eigenvalue weighted by atomic mass is 32.2. The molecule has 124 valence electrons. The van der Waals surface area contributed by atoms with E-state index in [2.05, 4.69) is 20.3 Å². The maximum absolute atomic E-state index is 11.5. The molecular formula is C17H19N5OS. The normalized spacial score (nSPS) is 12.2. The van der Waals surface area contributed by atoms with Gasteiger partial charge in [0.2, 0.25) is 0 Å². The largest absolute Gasteiger partial charge is 0.368 e. The van der Waals surface area contributed by atoms with Crippen LogP contribution in [-0.2, 0) is 10.8 Å². The Bertz CT molecular complexity index is 866. The monoisotopic (exact) mass is 341 g/mol. The SMILES string of the molecule is CS(=O)c1ccc(-c2cc3nccnc3c(NCCCN)n2)cc1. The van der Waals surface area contributed by atoms with Gasteiger partial charge in [-0.25, -0.2) is 9.97 Å². The van der Waals surface area contributed by atoms with Gasteiger partial charge in [-0.15, -0.1) is 0 Å². The van der Waals surface area contributed by atoms with E-state index in [1.807, 2.05) is 30.3 Å². The summed E-state index contributed by atoms with van der Waals surface area (Å²) in [6.07, 6.45) is 5.84. The molecule has 2 aromatic heterocycles. The summed E-state index contributed by atoms with van der Waals surface area (Å²) >= 11 is 0. The van der Waals surface area contributed by atoms with Crippen LogP contribution in [-0.4, -0.2) is 38.5 Å². The highest BCUT2D eigenvalue weighted by Crippen LogP contribution is 2.26. The Morgan fingerprint density at radius 2 is 1.92 bits per heavy atom. The zero-order valence-electron chi connectivity index (χ0n) is 13.4. The van der Waals surface area contributed by atoms with Crippen molar-refractivity contribution in [2.75, 3.05) is 24.7 Å². The highest BCUT2D eigenvalue weighted by molar-refractivity contribution is 7.84. The van der Waals surface area contributed by atoms with Crippen molar-refractivity contribution < 1.29 is 4.21 Å². The Morgan fingerprint density at radius 1 is 1.17 bits per heavy atom. The van der Waals surface area contributed by atoms with Gasteiger partial charge in [0, 0.05) is 46.5 Å². The third kappa shape index (κ3) is 3.58. The first-order valence-electron chi connectivity index (χ1n) is 7.68. The molecule has 1 atom stereocenters. The first-order chi connectivity index (χ1) is 11.7. The van der Waals surface area contributed by atoms with Crippen molar-refractivity contribution in [3.05, 3.63) is 42.7 Å². The van der Waals surface area contributed by atoms with Crippen LogP contribution in [0.25, 0.3) is 22.3 Å². The Morgan fingerprint density at radius 3 is 2.62 bits per heavy atom. The quantitative estimate of drug-likeness (QED) is 0.668. The molecule has 0 saturated heterocycles. The fourth-order valence-electron chi connectivity index (χ4n) is 2.37. The average molecular weight is 341 g/mol. The molecule has 0 bridgehead atoms. The van der Waals surface area contributed by atoms with E-state index in [0.29, 0.717) is 12.4 Å². The summed E-state index contributed by atoms with van der Waals surface area (Å²) in [4.78, 5) is 14.2. The number of anilines is 1. The van der Waals surface area contributed by atoms with Crippen LogP contribution in [0.2, 0.25) is 0 Å². The van der Waals surface area contributed by atoms with Gasteiger partial charge in [0.05, 0.1) is 11.2 Å². The van der Waals surface area contributed by atoms with Crippen LogP contribution in [0.3, 0.4) is 0 Å². The van der Waals surface area contributed by atoms with Crippen LogP contribution in [0.5, 0.6) is 0 Å². The minimum atomic E-state index is -0.993. The molecule has 3 aromatic rings. The number of hydrogen-bond donors (Lipinski definition) is 2. The Balaban J connectivity index is 2.02. The van der Waals surface area contributed by atoms with Crippen molar-refractivity contribution in [1.82, 2.24) is 15.0 Å². The maximum atomic E-state index is 11.5. The van der Waals surface area contributed by atoms with E-state index in [1.165, 1.54) is 0 Å². The van der Waals surface area contributed by atoms with Crippen LogP contribution in [0.15, 0.2) is 47.6 Å².